The summed E-state index contributed by atoms with van der Waals surface area (Å²) in [6, 6.07) is 7.75. The Morgan fingerprint density at radius 3 is 2.73 bits per heavy atom. The number of benzene rings is 1. The van der Waals surface area contributed by atoms with E-state index in [0.29, 0.717) is 45.1 Å². The van der Waals surface area contributed by atoms with E-state index in [1.807, 2.05) is 17.0 Å². The monoisotopic (exact) mass is 449 g/mol. The number of pyridine rings is 1. The molecular formula is C23H27N7O3. The van der Waals surface area contributed by atoms with Crippen LogP contribution in [0, 0.1) is 6.92 Å². The Morgan fingerprint density at radius 1 is 1.15 bits per heavy atom. The van der Waals surface area contributed by atoms with Crippen molar-refractivity contribution in [3.63, 3.8) is 0 Å². The topological polar surface area (TPSA) is 110 Å². The molecule has 33 heavy (non-hydrogen) atoms. The van der Waals surface area contributed by atoms with Gasteiger partial charge in [-0.3, -0.25) is 9.69 Å². The van der Waals surface area contributed by atoms with E-state index in [1.165, 1.54) is 22.1 Å². The Labute approximate surface area is 191 Å². The second-order valence-corrected chi connectivity index (χ2v) is 8.56. The van der Waals surface area contributed by atoms with Crippen LogP contribution in [-0.4, -0.2) is 78.7 Å². The summed E-state index contributed by atoms with van der Waals surface area (Å²) in [5.41, 5.74) is 5.38. The van der Waals surface area contributed by atoms with E-state index in [4.69, 9.17) is 4.74 Å². The number of nitrogens with zero attached hydrogens (tertiary/aromatic N) is 7. The molecule has 2 aliphatic heterocycles. The molecule has 2 aliphatic rings. The lowest BCUT2D eigenvalue weighted by molar-refractivity contribution is -0.132. The predicted octanol–water partition coefficient (Wildman–Crippen LogP) is 0.816. The maximum atomic E-state index is 12.8. The fourth-order valence-electron chi connectivity index (χ4n) is 4.52. The van der Waals surface area contributed by atoms with Crippen molar-refractivity contribution in [1.29, 1.82) is 0 Å². The van der Waals surface area contributed by atoms with Crippen molar-refractivity contribution in [1.82, 2.24) is 35.0 Å². The lowest BCUT2D eigenvalue weighted by Crippen LogP contribution is -2.50. The minimum atomic E-state index is -0.553. The zero-order valence-corrected chi connectivity index (χ0v) is 18.6. The van der Waals surface area contributed by atoms with E-state index < -0.39 is 6.10 Å². The van der Waals surface area contributed by atoms with Gasteiger partial charge in [0.05, 0.1) is 25.7 Å². The van der Waals surface area contributed by atoms with Crippen molar-refractivity contribution in [3.8, 4) is 5.82 Å². The number of β-amino-alcohol motifs (C(OH)–C–C–N with tert-alkyl or cyclic N) is 1. The first-order chi connectivity index (χ1) is 16.1. The molecule has 2 aromatic heterocycles. The molecule has 3 aromatic rings. The van der Waals surface area contributed by atoms with Gasteiger partial charge in [0.2, 0.25) is 5.91 Å². The normalized spacial score (nSPS) is 17.2. The first-order valence-corrected chi connectivity index (χ1v) is 11.1. The number of aliphatic hydroxyl groups excluding tert-OH is 1. The van der Waals surface area contributed by atoms with Gasteiger partial charge in [-0.25, -0.2) is 4.98 Å². The first kappa shape index (κ1) is 21.6. The average molecular weight is 450 g/mol. The average Bonchev–Trinajstić information content (AvgIpc) is 3.53. The highest BCUT2D eigenvalue weighted by Gasteiger charge is 2.25. The van der Waals surface area contributed by atoms with Crippen LogP contribution in [0.3, 0.4) is 0 Å². The minimum Gasteiger partial charge on any atom is -0.387 e. The molecule has 4 heterocycles. The number of hydrogen-bond donors (Lipinski definition) is 1. The molecule has 1 N–H and O–H groups in total. The molecule has 5 rings (SSSR count). The molecule has 0 saturated carbocycles. The Morgan fingerprint density at radius 2 is 2.00 bits per heavy atom. The highest BCUT2D eigenvalue weighted by Crippen LogP contribution is 2.29. The highest BCUT2D eigenvalue weighted by molar-refractivity contribution is 5.78. The Balaban J connectivity index is 1.12. The van der Waals surface area contributed by atoms with Crippen LogP contribution in [0.25, 0.3) is 5.82 Å². The van der Waals surface area contributed by atoms with Gasteiger partial charge in [0.1, 0.15) is 6.33 Å². The van der Waals surface area contributed by atoms with Gasteiger partial charge in [-0.05, 0) is 51.2 Å². The summed E-state index contributed by atoms with van der Waals surface area (Å²) in [4.78, 5) is 21.2. The number of carbonyl (C=O) groups excluding carboxylic acids is 1. The van der Waals surface area contributed by atoms with E-state index >= 15 is 0 Å². The number of fused-ring (bicyclic) bond motifs is 1. The van der Waals surface area contributed by atoms with Gasteiger partial charge in [-0.1, -0.05) is 18.2 Å². The number of rotatable bonds is 6. The Kier molecular flexibility index (Phi) is 6.12. The summed E-state index contributed by atoms with van der Waals surface area (Å²) in [6.07, 6.45) is 2.92. The minimum absolute atomic E-state index is 0.0848. The second kappa shape index (κ2) is 9.34. The first-order valence-electron chi connectivity index (χ1n) is 11.1. The Bertz CT molecular complexity index is 1110. The van der Waals surface area contributed by atoms with Gasteiger partial charge in [-0.2, -0.15) is 4.68 Å². The largest absolute Gasteiger partial charge is 0.387 e. The van der Waals surface area contributed by atoms with Crippen LogP contribution in [-0.2, 0) is 29.2 Å². The quantitative estimate of drug-likeness (QED) is 0.589. The van der Waals surface area contributed by atoms with Crippen LogP contribution in [0.1, 0.15) is 33.9 Å². The summed E-state index contributed by atoms with van der Waals surface area (Å²) >= 11 is 0. The summed E-state index contributed by atoms with van der Waals surface area (Å²) in [5, 5.41) is 21.9. The summed E-state index contributed by atoms with van der Waals surface area (Å²) in [5.74, 6) is 0.691. The standard InChI is InChI=1S/C23H27N7O3/c1-16-19(4-3-18-13-33-14-20(16)18)21(31)12-28-6-8-29(9-7-28)23(32)10-17-2-5-22(24-11-17)30-15-25-26-27-30/h2-5,11,15,21,31H,6-10,12-14H2,1H3. The van der Waals surface area contributed by atoms with E-state index in [1.54, 1.807) is 12.3 Å². The van der Waals surface area contributed by atoms with E-state index in [9.17, 15) is 9.90 Å². The molecule has 10 heteroatoms. The molecule has 0 radical (unpaired) electrons. The summed E-state index contributed by atoms with van der Waals surface area (Å²) in [6.45, 7) is 6.69. The zero-order chi connectivity index (χ0) is 22.8. The summed E-state index contributed by atoms with van der Waals surface area (Å²) in [7, 11) is 0. The third-order valence-corrected chi connectivity index (χ3v) is 6.50. The van der Waals surface area contributed by atoms with Crippen LogP contribution in [0.2, 0.25) is 0 Å². The molecule has 1 unspecified atom stereocenters. The Hall–Kier alpha value is -3.21. The van der Waals surface area contributed by atoms with Crippen LogP contribution < -0.4 is 0 Å². The zero-order valence-electron chi connectivity index (χ0n) is 18.6. The van der Waals surface area contributed by atoms with Crippen molar-refractivity contribution in [2.75, 3.05) is 32.7 Å². The lowest BCUT2D eigenvalue weighted by Gasteiger charge is -2.36. The fraction of sp³-hybridized carbons (Fsp3) is 0.435. The molecule has 1 amide bonds. The molecular weight excluding hydrogens is 422 g/mol. The van der Waals surface area contributed by atoms with Gasteiger partial charge in [0, 0.05) is 38.9 Å². The number of tetrazole rings is 1. The van der Waals surface area contributed by atoms with Gasteiger partial charge in [-0.15, -0.1) is 5.10 Å². The van der Waals surface area contributed by atoms with Gasteiger partial charge in [0.15, 0.2) is 5.82 Å². The summed E-state index contributed by atoms with van der Waals surface area (Å²) < 4.78 is 7.01. The van der Waals surface area contributed by atoms with Crippen molar-refractivity contribution in [2.45, 2.75) is 32.7 Å². The number of aliphatic hydroxyl groups is 1. The third kappa shape index (κ3) is 4.63. The molecule has 1 fully saturated rings. The number of piperazine rings is 1. The third-order valence-electron chi connectivity index (χ3n) is 6.50. The van der Waals surface area contributed by atoms with Crippen molar-refractivity contribution < 1.29 is 14.6 Å². The number of ether oxygens (including phenoxy) is 1. The van der Waals surface area contributed by atoms with Gasteiger partial charge >= 0.3 is 0 Å². The fourth-order valence-corrected chi connectivity index (χ4v) is 4.52. The smallest absolute Gasteiger partial charge is 0.227 e. The van der Waals surface area contributed by atoms with Crippen molar-refractivity contribution >= 4 is 5.91 Å². The van der Waals surface area contributed by atoms with Crippen LogP contribution in [0.4, 0.5) is 0 Å². The molecule has 0 spiro atoms. The molecule has 10 nitrogen and oxygen atoms in total. The van der Waals surface area contributed by atoms with E-state index in [2.05, 4.69) is 38.4 Å². The second-order valence-electron chi connectivity index (χ2n) is 8.56. The van der Waals surface area contributed by atoms with Crippen molar-refractivity contribution in [3.05, 3.63) is 64.6 Å². The molecule has 1 aromatic carbocycles. The highest BCUT2D eigenvalue weighted by atomic mass is 16.5. The molecule has 0 aliphatic carbocycles. The SMILES string of the molecule is Cc1c(C(O)CN2CCN(C(=O)Cc3ccc(-n4cnnn4)nc3)CC2)ccc2c1COC2. The number of carbonyl (C=O) groups is 1. The van der Waals surface area contributed by atoms with Gasteiger partial charge in [0.25, 0.3) is 0 Å². The van der Waals surface area contributed by atoms with E-state index in [0.717, 1.165) is 29.8 Å². The van der Waals surface area contributed by atoms with Gasteiger partial charge < -0.3 is 14.7 Å². The molecule has 0 bridgehead atoms. The van der Waals surface area contributed by atoms with E-state index in [-0.39, 0.29) is 5.91 Å². The van der Waals surface area contributed by atoms with Crippen LogP contribution in [0.15, 0.2) is 36.8 Å². The van der Waals surface area contributed by atoms with Crippen LogP contribution >= 0.6 is 0 Å². The number of amides is 1. The number of hydrogen-bond acceptors (Lipinski definition) is 8. The maximum absolute atomic E-state index is 12.8. The molecule has 1 saturated heterocycles. The number of aromatic nitrogens is 5. The predicted molar refractivity (Wildman–Crippen MR) is 118 cm³/mol. The van der Waals surface area contributed by atoms with Crippen molar-refractivity contribution in [2.24, 2.45) is 0 Å². The van der Waals surface area contributed by atoms with Crippen LogP contribution in [0.5, 0.6) is 0 Å². The maximum Gasteiger partial charge on any atom is 0.227 e. The lowest BCUT2D eigenvalue weighted by atomic mass is 9.95. The molecule has 1 atom stereocenters. The molecule has 172 valence electrons.